The summed E-state index contributed by atoms with van der Waals surface area (Å²) >= 11 is 0. The van der Waals surface area contributed by atoms with Crippen LogP contribution in [0.15, 0.2) is 18.3 Å². The van der Waals surface area contributed by atoms with Crippen LogP contribution in [0.5, 0.6) is 5.88 Å². The van der Waals surface area contributed by atoms with E-state index in [0.717, 1.165) is 19.4 Å². The fourth-order valence-electron chi connectivity index (χ4n) is 1.43. The van der Waals surface area contributed by atoms with Crippen LogP contribution in [0.1, 0.15) is 12.8 Å². The average Bonchev–Trinajstić information content (AvgIpc) is 2.69. The van der Waals surface area contributed by atoms with Crippen LogP contribution in [0, 0.1) is 5.82 Å². The summed E-state index contributed by atoms with van der Waals surface area (Å²) in [5.74, 6) is -0.367. The van der Waals surface area contributed by atoms with E-state index in [2.05, 4.69) is 4.98 Å². The van der Waals surface area contributed by atoms with Gasteiger partial charge in [-0.3, -0.25) is 0 Å². The van der Waals surface area contributed by atoms with Gasteiger partial charge in [-0.15, -0.1) is 0 Å². The molecule has 0 N–H and O–H groups in total. The van der Waals surface area contributed by atoms with E-state index in [1.165, 1.54) is 18.3 Å². The lowest BCUT2D eigenvalue weighted by atomic mass is 10.2. The van der Waals surface area contributed by atoms with Gasteiger partial charge in [0, 0.05) is 12.8 Å². The van der Waals surface area contributed by atoms with E-state index in [0.29, 0.717) is 6.61 Å². The van der Waals surface area contributed by atoms with E-state index in [9.17, 15) is 4.39 Å². The van der Waals surface area contributed by atoms with Gasteiger partial charge in [0.1, 0.15) is 6.61 Å². The van der Waals surface area contributed by atoms with Crippen molar-refractivity contribution in [1.82, 2.24) is 4.98 Å². The maximum atomic E-state index is 13.0. The molecule has 76 valence electrons. The molecule has 0 amide bonds. The Labute approximate surface area is 81.9 Å². The van der Waals surface area contributed by atoms with E-state index in [1.807, 2.05) is 0 Å². The molecular formula is C10H12FNO2. The predicted molar refractivity (Wildman–Crippen MR) is 48.7 cm³/mol. The summed E-state index contributed by atoms with van der Waals surface area (Å²) in [7, 11) is 0. The lowest BCUT2D eigenvalue weighted by Gasteiger charge is -2.10. The molecule has 1 aromatic heterocycles. The Balaban J connectivity index is 1.88. The van der Waals surface area contributed by atoms with Crippen molar-refractivity contribution in [2.24, 2.45) is 0 Å². The molecule has 0 aliphatic carbocycles. The number of hydrogen-bond donors (Lipinski definition) is 0. The molecule has 4 heteroatoms. The van der Waals surface area contributed by atoms with Crippen molar-refractivity contribution in [3.8, 4) is 5.88 Å². The number of aromatic nitrogens is 1. The zero-order valence-electron chi connectivity index (χ0n) is 7.78. The minimum atomic E-state index is -0.425. The highest BCUT2D eigenvalue weighted by atomic mass is 19.1. The minimum absolute atomic E-state index is 0.0583. The van der Waals surface area contributed by atoms with Gasteiger partial charge in [-0.25, -0.2) is 9.37 Å². The summed E-state index contributed by atoms with van der Waals surface area (Å²) in [4.78, 5) is 3.79. The molecule has 0 saturated carbocycles. The first-order valence-corrected chi connectivity index (χ1v) is 4.71. The summed E-state index contributed by atoms with van der Waals surface area (Å²) in [5, 5.41) is 0. The molecule has 1 saturated heterocycles. The van der Waals surface area contributed by atoms with Crippen LogP contribution in [0.3, 0.4) is 0 Å². The SMILES string of the molecule is Fc1cccnc1OCC1CCCO1. The van der Waals surface area contributed by atoms with Gasteiger partial charge in [-0.2, -0.15) is 0 Å². The smallest absolute Gasteiger partial charge is 0.250 e. The third-order valence-electron chi connectivity index (χ3n) is 2.15. The van der Waals surface area contributed by atoms with Gasteiger partial charge in [0.15, 0.2) is 5.82 Å². The van der Waals surface area contributed by atoms with Crippen LogP contribution in [-0.4, -0.2) is 24.3 Å². The maximum absolute atomic E-state index is 13.0. The predicted octanol–water partition coefficient (Wildman–Crippen LogP) is 1.78. The molecule has 2 heterocycles. The Bertz CT molecular complexity index is 300. The first kappa shape index (κ1) is 9.40. The highest BCUT2D eigenvalue weighted by Crippen LogP contribution is 2.16. The Morgan fingerprint density at radius 3 is 3.29 bits per heavy atom. The van der Waals surface area contributed by atoms with Crippen molar-refractivity contribution >= 4 is 0 Å². The zero-order chi connectivity index (χ0) is 9.80. The van der Waals surface area contributed by atoms with Crippen LogP contribution in [0.4, 0.5) is 4.39 Å². The molecule has 0 spiro atoms. The summed E-state index contributed by atoms with van der Waals surface area (Å²) in [6.07, 6.45) is 3.64. The quantitative estimate of drug-likeness (QED) is 0.740. The lowest BCUT2D eigenvalue weighted by molar-refractivity contribution is 0.0648. The van der Waals surface area contributed by atoms with Crippen LogP contribution >= 0.6 is 0 Å². The Kier molecular flexibility index (Phi) is 2.93. The molecule has 0 bridgehead atoms. The molecule has 0 radical (unpaired) electrons. The van der Waals surface area contributed by atoms with Crippen LogP contribution in [0.25, 0.3) is 0 Å². The van der Waals surface area contributed by atoms with E-state index in [1.54, 1.807) is 0 Å². The minimum Gasteiger partial charge on any atom is -0.473 e. The molecule has 1 aliphatic rings. The number of ether oxygens (including phenoxy) is 2. The van der Waals surface area contributed by atoms with E-state index >= 15 is 0 Å². The second kappa shape index (κ2) is 4.37. The highest BCUT2D eigenvalue weighted by molar-refractivity contribution is 5.12. The lowest BCUT2D eigenvalue weighted by Crippen LogP contribution is -2.17. The summed E-state index contributed by atoms with van der Waals surface area (Å²) in [6, 6.07) is 2.87. The molecule has 3 nitrogen and oxygen atoms in total. The Morgan fingerprint density at radius 2 is 2.57 bits per heavy atom. The van der Waals surface area contributed by atoms with Gasteiger partial charge < -0.3 is 9.47 Å². The fourth-order valence-corrected chi connectivity index (χ4v) is 1.43. The molecule has 0 aromatic carbocycles. The maximum Gasteiger partial charge on any atom is 0.250 e. The third kappa shape index (κ3) is 2.20. The summed E-state index contributed by atoms with van der Waals surface area (Å²) in [5.41, 5.74) is 0. The van der Waals surface area contributed by atoms with Gasteiger partial charge in [0.2, 0.25) is 5.88 Å². The molecule has 1 atom stereocenters. The largest absolute Gasteiger partial charge is 0.473 e. The number of pyridine rings is 1. The molecule has 14 heavy (non-hydrogen) atoms. The van der Waals surface area contributed by atoms with Gasteiger partial charge >= 0.3 is 0 Å². The second-order valence-electron chi connectivity index (χ2n) is 3.24. The molecular weight excluding hydrogens is 185 g/mol. The third-order valence-corrected chi connectivity index (χ3v) is 2.15. The Morgan fingerprint density at radius 1 is 1.64 bits per heavy atom. The molecule has 1 aliphatic heterocycles. The van der Waals surface area contributed by atoms with Crippen molar-refractivity contribution in [3.05, 3.63) is 24.1 Å². The molecule has 2 rings (SSSR count). The molecule has 1 fully saturated rings. The van der Waals surface area contributed by atoms with Crippen molar-refractivity contribution in [1.29, 1.82) is 0 Å². The Hall–Kier alpha value is -1.16. The first-order chi connectivity index (χ1) is 6.86. The summed E-state index contributed by atoms with van der Waals surface area (Å²) in [6.45, 7) is 1.16. The van der Waals surface area contributed by atoms with E-state index in [4.69, 9.17) is 9.47 Å². The first-order valence-electron chi connectivity index (χ1n) is 4.71. The number of halogens is 1. The second-order valence-corrected chi connectivity index (χ2v) is 3.24. The van der Waals surface area contributed by atoms with Crippen molar-refractivity contribution < 1.29 is 13.9 Å². The number of hydrogen-bond acceptors (Lipinski definition) is 3. The van der Waals surface area contributed by atoms with Crippen molar-refractivity contribution in [3.63, 3.8) is 0 Å². The standard InChI is InChI=1S/C10H12FNO2/c11-9-4-1-5-12-10(9)14-7-8-3-2-6-13-8/h1,4-5,8H,2-3,6-7H2. The van der Waals surface area contributed by atoms with Gasteiger partial charge in [-0.05, 0) is 25.0 Å². The summed E-state index contributed by atoms with van der Waals surface area (Å²) < 4.78 is 23.6. The van der Waals surface area contributed by atoms with Crippen LogP contribution in [-0.2, 0) is 4.74 Å². The van der Waals surface area contributed by atoms with Crippen molar-refractivity contribution in [2.45, 2.75) is 18.9 Å². The highest BCUT2D eigenvalue weighted by Gasteiger charge is 2.16. The van der Waals surface area contributed by atoms with Gasteiger partial charge in [0.25, 0.3) is 0 Å². The van der Waals surface area contributed by atoms with Gasteiger partial charge in [-0.1, -0.05) is 0 Å². The van der Waals surface area contributed by atoms with Crippen LogP contribution in [0.2, 0.25) is 0 Å². The topological polar surface area (TPSA) is 31.4 Å². The normalized spacial score (nSPS) is 21.1. The zero-order valence-corrected chi connectivity index (χ0v) is 7.78. The average molecular weight is 197 g/mol. The molecule has 1 aromatic rings. The van der Waals surface area contributed by atoms with E-state index < -0.39 is 5.82 Å². The monoisotopic (exact) mass is 197 g/mol. The van der Waals surface area contributed by atoms with E-state index in [-0.39, 0.29) is 12.0 Å². The number of rotatable bonds is 3. The van der Waals surface area contributed by atoms with Crippen molar-refractivity contribution in [2.75, 3.05) is 13.2 Å². The van der Waals surface area contributed by atoms with Gasteiger partial charge in [0.05, 0.1) is 6.10 Å². The molecule has 1 unspecified atom stereocenters. The fraction of sp³-hybridized carbons (Fsp3) is 0.500. The number of nitrogens with zero attached hydrogens (tertiary/aromatic N) is 1. The van der Waals surface area contributed by atoms with Crippen LogP contribution < -0.4 is 4.74 Å².